The van der Waals surface area contributed by atoms with Crippen molar-refractivity contribution in [3.63, 3.8) is 0 Å². The zero-order chi connectivity index (χ0) is 10.9. The lowest BCUT2D eigenvalue weighted by molar-refractivity contribution is -0.131. The molecule has 1 aliphatic heterocycles. The van der Waals surface area contributed by atoms with Crippen molar-refractivity contribution in [2.45, 2.75) is 5.41 Å². The van der Waals surface area contributed by atoms with E-state index in [2.05, 4.69) is 15.9 Å². The average molecular weight is 289 g/mol. The normalized spacial score (nSPS) is 19.0. The summed E-state index contributed by atoms with van der Waals surface area (Å²) in [6.07, 6.45) is 2.91. The van der Waals surface area contributed by atoms with Crippen molar-refractivity contribution in [1.82, 2.24) is 0 Å². The number of hydrogen-bond donors (Lipinski definition) is 1. The van der Waals surface area contributed by atoms with E-state index in [9.17, 15) is 4.79 Å². The molecule has 1 aromatic heterocycles. The van der Waals surface area contributed by atoms with Crippen molar-refractivity contribution in [3.05, 3.63) is 32.9 Å². The van der Waals surface area contributed by atoms with Crippen molar-refractivity contribution < 1.29 is 14.6 Å². The first kappa shape index (κ1) is 10.9. The third kappa shape index (κ3) is 2.14. The molecule has 0 aromatic carbocycles. The minimum absolute atomic E-state index is 0.227. The van der Waals surface area contributed by atoms with Gasteiger partial charge in [-0.3, -0.25) is 0 Å². The summed E-state index contributed by atoms with van der Waals surface area (Å²) in [4.78, 5) is 11.6. The van der Waals surface area contributed by atoms with Crippen molar-refractivity contribution >= 4 is 33.2 Å². The number of ether oxygens (including phenoxy) is 1. The van der Waals surface area contributed by atoms with Crippen LogP contribution in [0.25, 0.3) is 0 Å². The Morgan fingerprint density at radius 3 is 2.80 bits per heavy atom. The Balaban J connectivity index is 2.26. The van der Waals surface area contributed by atoms with Crippen LogP contribution in [0.3, 0.4) is 0 Å². The summed E-state index contributed by atoms with van der Waals surface area (Å²) in [5.41, 5.74) is -0.227. The summed E-state index contributed by atoms with van der Waals surface area (Å²) in [6, 6.07) is 2.01. The van der Waals surface area contributed by atoms with E-state index >= 15 is 0 Å². The Labute approximate surface area is 99.5 Å². The van der Waals surface area contributed by atoms with E-state index in [4.69, 9.17) is 9.84 Å². The smallest absolute Gasteiger partial charge is 0.328 e. The van der Waals surface area contributed by atoms with E-state index in [-0.39, 0.29) is 5.41 Å². The van der Waals surface area contributed by atoms with Crippen LogP contribution >= 0.6 is 27.3 Å². The molecule has 1 aliphatic rings. The molecule has 0 bridgehead atoms. The number of hydrogen-bond acceptors (Lipinski definition) is 3. The molecular weight excluding hydrogens is 280 g/mol. The second kappa shape index (κ2) is 4.08. The van der Waals surface area contributed by atoms with Crippen molar-refractivity contribution in [1.29, 1.82) is 0 Å². The number of carboxylic acid groups (broad SMARTS) is 1. The second-order valence-corrected chi connectivity index (χ2v) is 5.28. The summed E-state index contributed by atoms with van der Waals surface area (Å²) in [7, 11) is 0. The largest absolute Gasteiger partial charge is 0.478 e. The SMILES string of the molecule is O=C(O)/C=C/C1(c2cc(Br)cs2)COC1. The van der Waals surface area contributed by atoms with E-state index in [1.165, 1.54) is 6.08 Å². The van der Waals surface area contributed by atoms with Gasteiger partial charge in [0.1, 0.15) is 0 Å². The molecular formula is C10H9BrO3S. The molecule has 0 radical (unpaired) electrons. The van der Waals surface area contributed by atoms with Crippen molar-refractivity contribution in [2.24, 2.45) is 0 Å². The fourth-order valence-corrected chi connectivity index (χ4v) is 3.03. The van der Waals surface area contributed by atoms with Crippen LogP contribution in [0.4, 0.5) is 0 Å². The minimum atomic E-state index is -0.920. The van der Waals surface area contributed by atoms with Crippen LogP contribution in [0.1, 0.15) is 4.88 Å². The summed E-state index contributed by atoms with van der Waals surface area (Å²) in [5.74, 6) is -0.920. The molecule has 1 aromatic rings. The van der Waals surface area contributed by atoms with E-state index in [0.29, 0.717) is 13.2 Å². The van der Waals surface area contributed by atoms with Gasteiger partial charge in [0.25, 0.3) is 0 Å². The van der Waals surface area contributed by atoms with Crippen LogP contribution in [0, 0.1) is 0 Å². The molecule has 0 aliphatic carbocycles. The van der Waals surface area contributed by atoms with E-state index in [1.54, 1.807) is 17.4 Å². The van der Waals surface area contributed by atoms with E-state index in [1.807, 2.05) is 11.4 Å². The Morgan fingerprint density at radius 2 is 2.40 bits per heavy atom. The van der Waals surface area contributed by atoms with Crippen LogP contribution in [0.5, 0.6) is 0 Å². The van der Waals surface area contributed by atoms with Gasteiger partial charge < -0.3 is 9.84 Å². The van der Waals surface area contributed by atoms with Crippen LogP contribution in [0.2, 0.25) is 0 Å². The van der Waals surface area contributed by atoms with E-state index in [0.717, 1.165) is 9.35 Å². The zero-order valence-electron chi connectivity index (χ0n) is 7.77. The van der Waals surface area contributed by atoms with Gasteiger partial charge in [0.05, 0.1) is 18.6 Å². The molecule has 0 unspecified atom stereocenters. The number of aliphatic carboxylic acids is 1. The first-order valence-electron chi connectivity index (χ1n) is 4.37. The van der Waals surface area contributed by atoms with Gasteiger partial charge >= 0.3 is 5.97 Å². The van der Waals surface area contributed by atoms with Crippen molar-refractivity contribution in [3.8, 4) is 0 Å². The van der Waals surface area contributed by atoms with Crippen LogP contribution in [0.15, 0.2) is 28.1 Å². The summed E-state index contributed by atoms with van der Waals surface area (Å²) in [5, 5.41) is 10.6. The molecule has 2 rings (SSSR count). The minimum Gasteiger partial charge on any atom is -0.478 e. The molecule has 1 fully saturated rings. The molecule has 1 N–H and O–H groups in total. The van der Waals surface area contributed by atoms with Crippen LogP contribution in [-0.4, -0.2) is 24.3 Å². The first-order chi connectivity index (χ1) is 7.12. The van der Waals surface area contributed by atoms with Gasteiger partial charge in [0.15, 0.2) is 0 Å². The molecule has 0 atom stereocenters. The lowest BCUT2D eigenvalue weighted by Crippen LogP contribution is -2.44. The molecule has 3 nitrogen and oxygen atoms in total. The van der Waals surface area contributed by atoms with Gasteiger partial charge in [-0.15, -0.1) is 11.3 Å². The highest BCUT2D eigenvalue weighted by Crippen LogP contribution is 2.38. The topological polar surface area (TPSA) is 46.5 Å². The standard InChI is InChI=1S/C10H9BrO3S/c11-7-3-8(15-4-7)10(5-14-6-10)2-1-9(12)13/h1-4H,5-6H2,(H,12,13)/b2-1+. The number of thiophene rings is 1. The average Bonchev–Trinajstić information content (AvgIpc) is 2.50. The van der Waals surface area contributed by atoms with Gasteiger partial charge in [-0.25, -0.2) is 4.79 Å². The van der Waals surface area contributed by atoms with E-state index < -0.39 is 5.97 Å². The van der Waals surface area contributed by atoms with Gasteiger partial charge in [-0.2, -0.15) is 0 Å². The Morgan fingerprint density at radius 1 is 1.67 bits per heavy atom. The number of carbonyl (C=O) groups is 1. The van der Waals surface area contributed by atoms with Crippen molar-refractivity contribution in [2.75, 3.05) is 13.2 Å². The highest BCUT2D eigenvalue weighted by atomic mass is 79.9. The highest BCUT2D eigenvalue weighted by molar-refractivity contribution is 9.10. The summed E-state index contributed by atoms with van der Waals surface area (Å²) in [6.45, 7) is 1.12. The van der Waals surface area contributed by atoms with Gasteiger partial charge in [0, 0.05) is 20.8 Å². The Bertz CT molecular complexity index is 407. The Hall–Kier alpha value is -0.650. The fraction of sp³-hybridized carbons (Fsp3) is 0.300. The highest BCUT2D eigenvalue weighted by Gasteiger charge is 2.39. The number of carboxylic acids is 1. The lowest BCUT2D eigenvalue weighted by atomic mass is 9.84. The quantitative estimate of drug-likeness (QED) is 0.869. The van der Waals surface area contributed by atoms with Gasteiger partial charge in [-0.1, -0.05) is 6.08 Å². The lowest BCUT2D eigenvalue weighted by Gasteiger charge is -2.38. The fourth-order valence-electron chi connectivity index (χ4n) is 1.45. The molecule has 0 spiro atoms. The van der Waals surface area contributed by atoms with Crippen LogP contribution in [-0.2, 0) is 14.9 Å². The Kier molecular flexibility index (Phi) is 2.95. The number of rotatable bonds is 3. The van der Waals surface area contributed by atoms with Gasteiger partial charge in [0.2, 0.25) is 0 Å². The predicted molar refractivity (Wildman–Crippen MR) is 61.3 cm³/mol. The zero-order valence-corrected chi connectivity index (χ0v) is 10.2. The molecule has 5 heteroatoms. The van der Waals surface area contributed by atoms with Gasteiger partial charge in [-0.05, 0) is 22.0 Å². The summed E-state index contributed by atoms with van der Waals surface area (Å²) >= 11 is 5.00. The molecule has 2 heterocycles. The monoisotopic (exact) mass is 288 g/mol. The van der Waals surface area contributed by atoms with Crippen LogP contribution < -0.4 is 0 Å². The third-order valence-electron chi connectivity index (χ3n) is 2.32. The molecule has 1 saturated heterocycles. The number of halogens is 1. The maximum Gasteiger partial charge on any atom is 0.328 e. The predicted octanol–water partition coefficient (Wildman–Crippen LogP) is 2.42. The molecule has 0 saturated carbocycles. The first-order valence-corrected chi connectivity index (χ1v) is 6.04. The molecule has 80 valence electrons. The maximum atomic E-state index is 10.5. The summed E-state index contributed by atoms with van der Waals surface area (Å²) < 4.78 is 6.21. The molecule has 0 amide bonds. The maximum absolute atomic E-state index is 10.5. The second-order valence-electron chi connectivity index (χ2n) is 3.45. The third-order valence-corrected chi connectivity index (χ3v) is 4.23. The molecule has 15 heavy (non-hydrogen) atoms.